The second-order valence-corrected chi connectivity index (χ2v) is 5.75. The van der Waals surface area contributed by atoms with E-state index in [9.17, 15) is 4.79 Å². The van der Waals surface area contributed by atoms with Crippen molar-refractivity contribution < 1.29 is 9.53 Å². The molecule has 1 aromatic carbocycles. The van der Waals surface area contributed by atoms with Crippen LogP contribution < -0.4 is 0 Å². The zero-order chi connectivity index (χ0) is 13.8. The minimum Gasteiger partial charge on any atom is -0.376 e. The first-order chi connectivity index (χ1) is 9.13. The van der Waals surface area contributed by atoms with Gasteiger partial charge in [0.05, 0.1) is 6.10 Å². The molecule has 4 heteroatoms. The third kappa shape index (κ3) is 3.37. The number of carbonyl (C=O) groups excluding carboxylic acids is 1. The van der Waals surface area contributed by atoms with E-state index in [2.05, 4.69) is 15.9 Å². The van der Waals surface area contributed by atoms with E-state index in [-0.39, 0.29) is 12.0 Å². The summed E-state index contributed by atoms with van der Waals surface area (Å²) >= 11 is 3.48. The lowest BCUT2D eigenvalue weighted by molar-refractivity contribution is 0.0538. The summed E-state index contributed by atoms with van der Waals surface area (Å²) in [4.78, 5) is 14.5. The Kier molecular flexibility index (Phi) is 4.99. The molecule has 2 rings (SSSR count). The van der Waals surface area contributed by atoms with E-state index >= 15 is 0 Å². The van der Waals surface area contributed by atoms with Crippen LogP contribution in [0.5, 0.6) is 0 Å². The van der Waals surface area contributed by atoms with Gasteiger partial charge >= 0.3 is 0 Å². The highest BCUT2D eigenvalue weighted by atomic mass is 79.9. The lowest BCUT2D eigenvalue weighted by atomic mass is 10.1. The van der Waals surface area contributed by atoms with Crippen LogP contribution in [0.3, 0.4) is 0 Å². The molecule has 3 nitrogen and oxygen atoms in total. The van der Waals surface area contributed by atoms with E-state index < -0.39 is 0 Å². The average Bonchev–Trinajstić information content (AvgIpc) is 2.91. The van der Waals surface area contributed by atoms with Crippen LogP contribution in [-0.2, 0) is 4.74 Å². The number of ether oxygens (including phenoxy) is 1. The van der Waals surface area contributed by atoms with Crippen LogP contribution in [0.25, 0.3) is 0 Å². The molecule has 0 N–H and O–H groups in total. The third-order valence-electron chi connectivity index (χ3n) is 3.62. The summed E-state index contributed by atoms with van der Waals surface area (Å²) in [6.45, 7) is 6.22. The van der Waals surface area contributed by atoms with Gasteiger partial charge in [0.2, 0.25) is 0 Å². The molecule has 0 aromatic heterocycles. The molecule has 0 aliphatic carbocycles. The monoisotopic (exact) mass is 325 g/mol. The average molecular weight is 326 g/mol. The van der Waals surface area contributed by atoms with Gasteiger partial charge in [-0.1, -0.05) is 22.0 Å². The molecule has 0 spiro atoms. The smallest absolute Gasteiger partial charge is 0.254 e. The lowest BCUT2D eigenvalue weighted by Crippen LogP contribution is -2.37. The molecule has 1 heterocycles. The Morgan fingerprint density at radius 1 is 1.53 bits per heavy atom. The molecule has 0 saturated carbocycles. The van der Waals surface area contributed by atoms with Crippen molar-refractivity contribution in [1.29, 1.82) is 0 Å². The number of carbonyl (C=O) groups is 1. The molecular weight excluding hydrogens is 306 g/mol. The van der Waals surface area contributed by atoms with Crippen molar-refractivity contribution in [2.24, 2.45) is 0 Å². The van der Waals surface area contributed by atoms with Crippen LogP contribution in [0.15, 0.2) is 22.7 Å². The molecule has 19 heavy (non-hydrogen) atoms. The highest BCUT2D eigenvalue weighted by Gasteiger charge is 2.23. The number of rotatable bonds is 4. The second-order valence-electron chi connectivity index (χ2n) is 4.89. The van der Waals surface area contributed by atoms with E-state index in [4.69, 9.17) is 4.74 Å². The maximum Gasteiger partial charge on any atom is 0.254 e. The molecule has 1 unspecified atom stereocenters. The number of benzene rings is 1. The van der Waals surface area contributed by atoms with Crippen LogP contribution in [0.1, 0.15) is 35.7 Å². The molecule has 1 amide bonds. The summed E-state index contributed by atoms with van der Waals surface area (Å²) < 4.78 is 6.60. The van der Waals surface area contributed by atoms with Gasteiger partial charge in [0.15, 0.2) is 0 Å². The predicted molar refractivity (Wildman–Crippen MR) is 79.4 cm³/mol. The van der Waals surface area contributed by atoms with Gasteiger partial charge in [-0.3, -0.25) is 4.79 Å². The van der Waals surface area contributed by atoms with E-state index in [1.807, 2.05) is 36.9 Å². The van der Waals surface area contributed by atoms with Crippen LogP contribution in [0.4, 0.5) is 0 Å². The standard InChI is InChI=1S/C15H20BrNO2/c1-3-17(10-12-6-5-9-19-12)15(18)13-7-4-8-14(16)11(13)2/h4,7-8,12H,3,5-6,9-10H2,1-2H3. The molecule has 1 saturated heterocycles. The Labute approximate surface area is 123 Å². The van der Waals surface area contributed by atoms with Gasteiger partial charge in [-0.25, -0.2) is 0 Å². The summed E-state index contributed by atoms with van der Waals surface area (Å²) in [5.74, 6) is 0.0943. The topological polar surface area (TPSA) is 29.5 Å². The summed E-state index contributed by atoms with van der Waals surface area (Å²) in [5, 5.41) is 0. The molecule has 104 valence electrons. The van der Waals surface area contributed by atoms with Crippen molar-refractivity contribution in [1.82, 2.24) is 4.90 Å². The van der Waals surface area contributed by atoms with Crippen molar-refractivity contribution in [2.75, 3.05) is 19.7 Å². The van der Waals surface area contributed by atoms with Crippen LogP contribution in [0, 0.1) is 6.92 Å². The number of amides is 1. The first-order valence-electron chi connectivity index (χ1n) is 6.79. The third-order valence-corrected chi connectivity index (χ3v) is 4.47. The SMILES string of the molecule is CCN(CC1CCCO1)C(=O)c1cccc(Br)c1C. The fourth-order valence-electron chi connectivity index (χ4n) is 2.40. The highest BCUT2D eigenvalue weighted by Crippen LogP contribution is 2.21. The van der Waals surface area contributed by atoms with E-state index in [0.29, 0.717) is 13.1 Å². The van der Waals surface area contributed by atoms with Gasteiger partial charge in [-0.2, -0.15) is 0 Å². The predicted octanol–water partition coefficient (Wildman–Crippen LogP) is 3.40. The van der Waals surface area contributed by atoms with E-state index in [0.717, 1.165) is 35.0 Å². The van der Waals surface area contributed by atoms with Crippen molar-refractivity contribution in [3.05, 3.63) is 33.8 Å². The quantitative estimate of drug-likeness (QED) is 0.849. The molecule has 1 aliphatic rings. The lowest BCUT2D eigenvalue weighted by Gasteiger charge is -2.25. The van der Waals surface area contributed by atoms with Crippen molar-refractivity contribution in [3.63, 3.8) is 0 Å². The maximum atomic E-state index is 12.6. The number of hydrogen-bond acceptors (Lipinski definition) is 2. The molecule has 1 fully saturated rings. The number of hydrogen-bond donors (Lipinski definition) is 0. The molecule has 1 aromatic rings. The zero-order valence-electron chi connectivity index (χ0n) is 11.5. The first kappa shape index (κ1) is 14.5. The Hall–Kier alpha value is -0.870. The van der Waals surface area contributed by atoms with Gasteiger partial charge in [0, 0.05) is 29.7 Å². The number of likely N-dealkylation sites (N-methyl/N-ethyl adjacent to an activating group) is 1. The van der Waals surface area contributed by atoms with Crippen LogP contribution >= 0.6 is 15.9 Å². The Morgan fingerprint density at radius 3 is 2.95 bits per heavy atom. The Bertz CT molecular complexity index is 455. The molecule has 0 radical (unpaired) electrons. The second kappa shape index (κ2) is 6.53. The van der Waals surface area contributed by atoms with Gasteiger partial charge in [-0.15, -0.1) is 0 Å². The Balaban J connectivity index is 2.13. The zero-order valence-corrected chi connectivity index (χ0v) is 13.1. The minimum absolute atomic E-state index is 0.0943. The summed E-state index contributed by atoms with van der Waals surface area (Å²) in [6.07, 6.45) is 2.37. The fourth-order valence-corrected chi connectivity index (χ4v) is 2.77. The van der Waals surface area contributed by atoms with E-state index in [1.165, 1.54) is 0 Å². The van der Waals surface area contributed by atoms with Gasteiger partial charge in [0.25, 0.3) is 5.91 Å². The fraction of sp³-hybridized carbons (Fsp3) is 0.533. The highest BCUT2D eigenvalue weighted by molar-refractivity contribution is 9.10. The number of nitrogens with zero attached hydrogens (tertiary/aromatic N) is 1. The summed E-state index contributed by atoms with van der Waals surface area (Å²) in [5.41, 5.74) is 1.77. The van der Waals surface area contributed by atoms with Crippen molar-refractivity contribution in [2.45, 2.75) is 32.8 Å². The van der Waals surface area contributed by atoms with Crippen molar-refractivity contribution in [3.8, 4) is 0 Å². The summed E-state index contributed by atoms with van der Waals surface area (Å²) in [7, 11) is 0. The maximum absolute atomic E-state index is 12.6. The van der Waals surface area contributed by atoms with E-state index in [1.54, 1.807) is 0 Å². The number of halogens is 1. The molecule has 0 bridgehead atoms. The van der Waals surface area contributed by atoms with Gasteiger partial charge in [-0.05, 0) is 44.4 Å². The van der Waals surface area contributed by atoms with Gasteiger partial charge in [0.1, 0.15) is 0 Å². The largest absolute Gasteiger partial charge is 0.376 e. The Morgan fingerprint density at radius 2 is 2.32 bits per heavy atom. The van der Waals surface area contributed by atoms with Crippen molar-refractivity contribution >= 4 is 21.8 Å². The molecule has 1 atom stereocenters. The summed E-state index contributed by atoms with van der Waals surface area (Å²) in [6, 6.07) is 5.76. The molecule has 1 aliphatic heterocycles. The van der Waals surface area contributed by atoms with Crippen LogP contribution in [-0.4, -0.2) is 36.6 Å². The first-order valence-corrected chi connectivity index (χ1v) is 7.58. The van der Waals surface area contributed by atoms with Crippen LogP contribution in [0.2, 0.25) is 0 Å². The molecular formula is C15H20BrNO2. The minimum atomic E-state index is 0.0943. The normalized spacial score (nSPS) is 18.6. The van der Waals surface area contributed by atoms with Gasteiger partial charge < -0.3 is 9.64 Å².